The molecule has 2 aromatic carbocycles. The molecule has 2 aromatic rings. The monoisotopic (exact) mass is 311 g/mol. The summed E-state index contributed by atoms with van der Waals surface area (Å²) < 4.78 is 0. The zero-order valence-corrected chi connectivity index (χ0v) is 13.6. The average molecular weight is 311 g/mol. The van der Waals surface area contributed by atoms with Crippen LogP contribution in [-0.4, -0.2) is 17.4 Å². The van der Waals surface area contributed by atoms with Gasteiger partial charge in [0.05, 0.1) is 5.75 Å². The largest absolute Gasteiger partial charge is 0.325 e. The number of nitrogens with one attached hydrogen (secondary N) is 1. The molecular weight excluding hydrogens is 290 g/mol. The molecule has 0 spiro atoms. The van der Waals surface area contributed by atoms with E-state index in [0.29, 0.717) is 5.75 Å². The highest BCUT2D eigenvalue weighted by molar-refractivity contribution is 8.00. The summed E-state index contributed by atoms with van der Waals surface area (Å²) in [4.78, 5) is 12.0. The Hall–Kier alpha value is -2.00. The third kappa shape index (κ3) is 5.41. The second kappa shape index (κ2) is 9.11. The van der Waals surface area contributed by atoms with E-state index >= 15 is 0 Å². The Kier molecular flexibility index (Phi) is 6.78. The lowest BCUT2D eigenvalue weighted by Gasteiger charge is -2.09. The first-order valence-electron chi connectivity index (χ1n) is 7.46. The van der Waals surface area contributed by atoms with Crippen LogP contribution in [0.2, 0.25) is 0 Å². The normalized spacial score (nSPS) is 10.8. The Balaban J connectivity index is 1.73. The number of amides is 1. The lowest BCUT2D eigenvalue weighted by Crippen LogP contribution is -2.15. The van der Waals surface area contributed by atoms with Gasteiger partial charge in [0.1, 0.15) is 0 Å². The van der Waals surface area contributed by atoms with Crippen LogP contribution in [0.15, 0.2) is 60.7 Å². The molecule has 0 aliphatic heterocycles. The highest BCUT2D eigenvalue weighted by atomic mass is 32.2. The second-order valence-electron chi connectivity index (χ2n) is 4.89. The van der Waals surface area contributed by atoms with E-state index in [-0.39, 0.29) is 5.91 Å². The molecule has 0 fully saturated rings. The van der Waals surface area contributed by atoms with Crippen molar-refractivity contribution in [2.24, 2.45) is 0 Å². The lowest BCUT2D eigenvalue weighted by molar-refractivity contribution is -0.113. The van der Waals surface area contributed by atoms with Crippen LogP contribution in [0.4, 0.5) is 5.69 Å². The average Bonchev–Trinajstić information content (AvgIpc) is 2.56. The summed E-state index contributed by atoms with van der Waals surface area (Å²) >= 11 is 1.61. The molecule has 22 heavy (non-hydrogen) atoms. The summed E-state index contributed by atoms with van der Waals surface area (Å²) in [6.45, 7) is 2.09. The molecule has 0 radical (unpaired) electrons. The van der Waals surface area contributed by atoms with E-state index in [1.54, 1.807) is 11.8 Å². The molecule has 114 valence electrons. The summed E-state index contributed by atoms with van der Waals surface area (Å²) in [7, 11) is 0. The number of carbonyl (C=O) groups excluding carboxylic acids is 1. The number of carbonyl (C=O) groups is 1. The molecular formula is C19H21NOS. The van der Waals surface area contributed by atoms with Crippen molar-refractivity contribution in [2.45, 2.75) is 13.3 Å². The molecule has 1 N–H and O–H groups in total. The van der Waals surface area contributed by atoms with E-state index in [9.17, 15) is 4.79 Å². The van der Waals surface area contributed by atoms with Gasteiger partial charge in [0.15, 0.2) is 0 Å². The van der Waals surface area contributed by atoms with Crippen LogP contribution in [0.5, 0.6) is 0 Å². The van der Waals surface area contributed by atoms with Gasteiger partial charge in [0.25, 0.3) is 0 Å². The Morgan fingerprint density at radius 2 is 1.82 bits per heavy atom. The van der Waals surface area contributed by atoms with Crippen molar-refractivity contribution in [2.75, 3.05) is 16.8 Å². The van der Waals surface area contributed by atoms with Crippen molar-refractivity contribution in [1.82, 2.24) is 0 Å². The molecule has 0 saturated heterocycles. The molecule has 1 amide bonds. The SMILES string of the molecule is CCc1ccccc1NC(=O)CSC/C=C/c1ccccc1. The van der Waals surface area contributed by atoms with Crippen LogP contribution < -0.4 is 5.32 Å². The molecule has 0 atom stereocenters. The predicted molar refractivity (Wildman–Crippen MR) is 97.3 cm³/mol. The zero-order valence-electron chi connectivity index (χ0n) is 12.8. The van der Waals surface area contributed by atoms with Crippen molar-refractivity contribution in [3.05, 3.63) is 71.8 Å². The fourth-order valence-electron chi connectivity index (χ4n) is 2.10. The number of thioether (sulfide) groups is 1. The predicted octanol–water partition coefficient (Wildman–Crippen LogP) is 4.63. The number of hydrogen-bond acceptors (Lipinski definition) is 2. The van der Waals surface area contributed by atoms with Crippen molar-refractivity contribution in [3.8, 4) is 0 Å². The number of benzene rings is 2. The van der Waals surface area contributed by atoms with Gasteiger partial charge in [-0.1, -0.05) is 67.6 Å². The summed E-state index contributed by atoms with van der Waals surface area (Å²) in [6.07, 6.45) is 5.09. The highest BCUT2D eigenvalue weighted by Crippen LogP contribution is 2.16. The zero-order chi connectivity index (χ0) is 15.6. The number of anilines is 1. The van der Waals surface area contributed by atoms with Gasteiger partial charge in [-0.15, -0.1) is 11.8 Å². The van der Waals surface area contributed by atoms with Crippen LogP contribution in [-0.2, 0) is 11.2 Å². The van der Waals surface area contributed by atoms with E-state index in [1.165, 1.54) is 11.1 Å². The first kappa shape index (κ1) is 16.4. The molecule has 0 heterocycles. The molecule has 0 unspecified atom stereocenters. The fourth-order valence-corrected chi connectivity index (χ4v) is 2.71. The van der Waals surface area contributed by atoms with Crippen molar-refractivity contribution >= 4 is 29.4 Å². The van der Waals surface area contributed by atoms with Gasteiger partial charge < -0.3 is 5.32 Å². The van der Waals surface area contributed by atoms with E-state index in [0.717, 1.165) is 17.9 Å². The van der Waals surface area contributed by atoms with Crippen LogP contribution in [0.1, 0.15) is 18.1 Å². The number of para-hydroxylation sites is 1. The van der Waals surface area contributed by atoms with E-state index in [2.05, 4.69) is 36.5 Å². The molecule has 0 aliphatic rings. The molecule has 0 aliphatic carbocycles. The van der Waals surface area contributed by atoms with Crippen LogP contribution in [0.3, 0.4) is 0 Å². The van der Waals surface area contributed by atoms with Crippen molar-refractivity contribution in [1.29, 1.82) is 0 Å². The smallest absolute Gasteiger partial charge is 0.234 e. The van der Waals surface area contributed by atoms with Gasteiger partial charge in [-0.25, -0.2) is 0 Å². The topological polar surface area (TPSA) is 29.1 Å². The van der Waals surface area contributed by atoms with Gasteiger partial charge in [0.2, 0.25) is 5.91 Å². The van der Waals surface area contributed by atoms with Gasteiger partial charge in [-0.05, 0) is 23.6 Å². The van der Waals surface area contributed by atoms with Crippen LogP contribution >= 0.6 is 11.8 Å². The van der Waals surface area contributed by atoms with E-state index < -0.39 is 0 Å². The Morgan fingerprint density at radius 3 is 2.59 bits per heavy atom. The third-order valence-electron chi connectivity index (χ3n) is 3.23. The van der Waals surface area contributed by atoms with Crippen LogP contribution in [0, 0.1) is 0 Å². The number of rotatable bonds is 7. The third-order valence-corrected chi connectivity index (χ3v) is 4.12. The minimum Gasteiger partial charge on any atom is -0.325 e. The maximum atomic E-state index is 12.0. The van der Waals surface area contributed by atoms with Gasteiger partial charge in [0, 0.05) is 11.4 Å². The van der Waals surface area contributed by atoms with Gasteiger partial charge in [-0.3, -0.25) is 4.79 Å². The Bertz CT molecular complexity index is 622. The van der Waals surface area contributed by atoms with Gasteiger partial charge >= 0.3 is 0 Å². The summed E-state index contributed by atoms with van der Waals surface area (Å²) in [6, 6.07) is 18.1. The summed E-state index contributed by atoms with van der Waals surface area (Å²) in [5, 5.41) is 2.99. The summed E-state index contributed by atoms with van der Waals surface area (Å²) in [5.74, 6) is 1.36. The van der Waals surface area contributed by atoms with E-state index in [1.807, 2.05) is 42.5 Å². The second-order valence-corrected chi connectivity index (χ2v) is 5.92. The fraction of sp³-hybridized carbons (Fsp3) is 0.211. The quantitative estimate of drug-likeness (QED) is 0.755. The minimum atomic E-state index is 0.0546. The summed E-state index contributed by atoms with van der Waals surface area (Å²) in [5.41, 5.74) is 3.28. The number of hydrogen-bond donors (Lipinski definition) is 1. The lowest BCUT2D eigenvalue weighted by atomic mass is 10.1. The Morgan fingerprint density at radius 1 is 1.09 bits per heavy atom. The highest BCUT2D eigenvalue weighted by Gasteiger charge is 2.04. The molecule has 0 saturated carbocycles. The molecule has 3 heteroatoms. The molecule has 2 rings (SSSR count). The molecule has 2 nitrogen and oxygen atoms in total. The minimum absolute atomic E-state index is 0.0546. The first-order chi connectivity index (χ1) is 10.8. The van der Waals surface area contributed by atoms with Crippen molar-refractivity contribution in [3.63, 3.8) is 0 Å². The maximum absolute atomic E-state index is 12.0. The molecule has 0 bridgehead atoms. The van der Waals surface area contributed by atoms with Crippen LogP contribution in [0.25, 0.3) is 6.08 Å². The molecule has 0 aromatic heterocycles. The van der Waals surface area contributed by atoms with E-state index in [4.69, 9.17) is 0 Å². The first-order valence-corrected chi connectivity index (χ1v) is 8.62. The van der Waals surface area contributed by atoms with Crippen molar-refractivity contribution < 1.29 is 4.79 Å². The van der Waals surface area contributed by atoms with Gasteiger partial charge in [-0.2, -0.15) is 0 Å². The standard InChI is InChI=1S/C19H21NOS/c1-2-17-12-6-7-13-18(17)20-19(21)15-22-14-8-11-16-9-4-3-5-10-16/h3-13H,2,14-15H2,1H3,(H,20,21)/b11-8+. The Labute approximate surface area is 136 Å². The number of aryl methyl sites for hydroxylation is 1. The maximum Gasteiger partial charge on any atom is 0.234 e.